The summed E-state index contributed by atoms with van der Waals surface area (Å²) in [7, 11) is 2.43. The summed E-state index contributed by atoms with van der Waals surface area (Å²) in [6.07, 6.45) is 15.9. The Morgan fingerprint density at radius 3 is 2.35 bits per heavy atom. The van der Waals surface area contributed by atoms with Crippen LogP contribution in [0.4, 0.5) is 0 Å². The smallest absolute Gasteiger partial charge is 0.0125 e. The first-order chi connectivity index (χ1) is 9.76. The lowest BCUT2D eigenvalue weighted by Crippen LogP contribution is -2.49. The average molecular weight is 278 g/mol. The van der Waals surface area contributed by atoms with E-state index < -0.39 is 0 Å². The third-order valence-corrected chi connectivity index (χ3v) is 6.35. The van der Waals surface area contributed by atoms with Gasteiger partial charge in [-0.1, -0.05) is 32.6 Å². The highest BCUT2D eigenvalue weighted by atomic mass is 15.2. The Morgan fingerprint density at radius 2 is 1.65 bits per heavy atom. The molecule has 0 aromatic carbocycles. The molecule has 0 aromatic rings. The highest BCUT2D eigenvalue weighted by molar-refractivity contribution is 4.96. The van der Waals surface area contributed by atoms with Crippen LogP contribution in [0.1, 0.15) is 77.6 Å². The maximum absolute atomic E-state index is 3.79. The van der Waals surface area contributed by atoms with Crippen molar-refractivity contribution < 1.29 is 0 Å². The molecule has 2 bridgehead atoms. The quantitative estimate of drug-likeness (QED) is 0.783. The van der Waals surface area contributed by atoms with Crippen LogP contribution < -0.4 is 5.32 Å². The van der Waals surface area contributed by atoms with Gasteiger partial charge in [0.15, 0.2) is 0 Å². The van der Waals surface area contributed by atoms with Gasteiger partial charge in [0, 0.05) is 24.2 Å². The molecule has 0 aromatic heterocycles. The first-order valence-corrected chi connectivity index (χ1v) is 9.24. The highest BCUT2D eigenvalue weighted by Gasteiger charge is 2.37. The molecule has 1 saturated carbocycles. The Labute approximate surface area is 125 Å². The molecule has 2 saturated heterocycles. The molecule has 4 unspecified atom stereocenters. The standard InChI is InChI=1S/C18H34N2/c1-3-5-14-6-4-7-17(11-8-14)20(2)18-12-15-9-10-16(13-18)19-15/h14-19H,3-13H2,1-2H3. The average Bonchev–Trinajstić information content (AvgIpc) is 2.67. The van der Waals surface area contributed by atoms with E-state index in [1.54, 1.807) is 0 Å². The fourth-order valence-electron chi connectivity index (χ4n) is 5.12. The Morgan fingerprint density at radius 1 is 0.900 bits per heavy atom. The molecule has 0 amide bonds. The zero-order valence-electron chi connectivity index (χ0n) is 13.6. The first-order valence-electron chi connectivity index (χ1n) is 9.24. The van der Waals surface area contributed by atoms with Crippen LogP contribution >= 0.6 is 0 Å². The fourth-order valence-corrected chi connectivity index (χ4v) is 5.12. The molecule has 1 N–H and O–H groups in total. The molecule has 2 nitrogen and oxygen atoms in total. The maximum Gasteiger partial charge on any atom is 0.0125 e. The molecular formula is C18H34N2. The van der Waals surface area contributed by atoms with E-state index in [4.69, 9.17) is 0 Å². The minimum absolute atomic E-state index is 0.833. The van der Waals surface area contributed by atoms with Gasteiger partial charge in [-0.2, -0.15) is 0 Å². The van der Waals surface area contributed by atoms with E-state index in [0.29, 0.717) is 0 Å². The summed E-state index contributed by atoms with van der Waals surface area (Å²) in [4.78, 5) is 2.79. The van der Waals surface area contributed by atoms with Crippen molar-refractivity contribution in [3.8, 4) is 0 Å². The van der Waals surface area contributed by atoms with Crippen LogP contribution in [0, 0.1) is 5.92 Å². The Kier molecular flexibility index (Phi) is 5.04. The van der Waals surface area contributed by atoms with E-state index in [1.807, 2.05) is 0 Å². The first kappa shape index (κ1) is 14.8. The molecular weight excluding hydrogens is 244 g/mol. The number of nitrogens with zero attached hydrogens (tertiary/aromatic N) is 1. The van der Waals surface area contributed by atoms with Gasteiger partial charge in [-0.3, -0.25) is 0 Å². The zero-order valence-corrected chi connectivity index (χ0v) is 13.6. The molecule has 2 heterocycles. The van der Waals surface area contributed by atoms with Crippen LogP contribution in [0.25, 0.3) is 0 Å². The van der Waals surface area contributed by atoms with Gasteiger partial charge in [-0.05, 0) is 57.9 Å². The van der Waals surface area contributed by atoms with Crippen molar-refractivity contribution in [3.63, 3.8) is 0 Å². The summed E-state index contributed by atoms with van der Waals surface area (Å²) in [5.74, 6) is 1.03. The lowest BCUT2D eigenvalue weighted by molar-refractivity contribution is 0.114. The van der Waals surface area contributed by atoms with Gasteiger partial charge >= 0.3 is 0 Å². The maximum atomic E-state index is 3.79. The summed E-state index contributed by atoms with van der Waals surface area (Å²) in [6.45, 7) is 2.35. The van der Waals surface area contributed by atoms with Crippen molar-refractivity contribution in [2.24, 2.45) is 5.92 Å². The van der Waals surface area contributed by atoms with Crippen LogP contribution in [-0.2, 0) is 0 Å². The van der Waals surface area contributed by atoms with Crippen molar-refractivity contribution in [1.82, 2.24) is 10.2 Å². The minimum atomic E-state index is 0.833. The third-order valence-electron chi connectivity index (χ3n) is 6.35. The van der Waals surface area contributed by atoms with Gasteiger partial charge in [-0.15, -0.1) is 0 Å². The molecule has 0 spiro atoms. The SMILES string of the molecule is CCCC1CCCC(N(C)C2CC3CCC(C2)N3)CC1. The molecule has 20 heavy (non-hydrogen) atoms. The van der Waals surface area contributed by atoms with Crippen molar-refractivity contribution in [2.75, 3.05) is 7.05 Å². The minimum Gasteiger partial charge on any atom is -0.311 e. The lowest BCUT2D eigenvalue weighted by atomic mass is 9.94. The monoisotopic (exact) mass is 278 g/mol. The van der Waals surface area contributed by atoms with Gasteiger partial charge in [0.05, 0.1) is 0 Å². The second kappa shape index (κ2) is 6.79. The van der Waals surface area contributed by atoms with Crippen LogP contribution in [0.5, 0.6) is 0 Å². The summed E-state index contributed by atoms with van der Waals surface area (Å²) < 4.78 is 0. The van der Waals surface area contributed by atoms with E-state index in [-0.39, 0.29) is 0 Å². The molecule has 3 fully saturated rings. The van der Waals surface area contributed by atoms with Crippen LogP contribution in [0.2, 0.25) is 0 Å². The van der Waals surface area contributed by atoms with Crippen molar-refractivity contribution >= 4 is 0 Å². The van der Waals surface area contributed by atoms with E-state index in [9.17, 15) is 0 Å². The summed E-state index contributed by atoms with van der Waals surface area (Å²) in [5, 5.41) is 3.79. The number of hydrogen-bond acceptors (Lipinski definition) is 2. The summed E-state index contributed by atoms with van der Waals surface area (Å²) in [5.41, 5.74) is 0. The van der Waals surface area contributed by atoms with Gasteiger partial charge in [0.25, 0.3) is 0 Å². The van der Waals surface area contributed by atoms with Gasteiger partial charge in [-0.25, -0.2) is 0 Å². The summed E-state index contributed by atoms with van der Waals surface area (Å²) in [6, 6.07) is 3.40. The second-order valence-electron chi connectivity index (χ2n) is 7.75. The third kappa shape index (κ3) is 3.39. The molecule has 2 heteroatoms. The topological polar surface area (TPSA) is 15.3 Å². The molecule has 3 rings (SSSR count). The van der Waals surface area contributed by atoms with Crippen molar-refractivity contribution in [2.45, 2.75) is 102 Å². The molecule has 4 atom stereocenters. The molecule has 3 aliphatic rings. The van der Waals surface area contributed by atoms with Crippen molar-refractivity contribution in [3.05, 3.63) is 0 Å². The van der Waals surface area contributed by atoms with Gasteiger partial charge in [0.2, 0.25) is 0 Å². The number of fused-ring (bicyclic) bond motifs is 2. The predicted molar refractivity (Wildman–Crippen MR) is 86.0 cm³/mol. The predicted octanol–water partition coefficient (Wildman–Crippen LogP) is 3.95. The largest absolute Gasteiger partial charge is 0.311 e. The molecule has 1 aliphatic carbocycles. The van der Waals surface area contributed by atoms with E-state index >= 15 is 0 Å². The molecule has 116 valence electrons. The van der Waals surface area contributed by atoms with Crippen LogP contribution in [0.3, 0.4) is 0 Å². The number of piperidine rings is 1. The number of hydrogen-bond donors (Lipinski definition) is 1. The number of rotatable bonds is 4. The van der Waals surface area contributed by atoms with Crippen LogP contribution in [-0.4, -0.2) is 36.1 Å². The molecule has 2 aliphatic heterocycles. The van der Waals surface area contributed by atoms with E-state index in [0.717, 1.165) is 30.1 Å². The Bertz CT molecular complexity index is 292. The van der Waals surface area contributed by atoms with E-state index in [2.05, 4.69) is 24.2 Å². The van der Waals surface area contributed by atoms with Crippen LogP contribution in [0.15, 0.2) is 0 Å². The summed E-state index contributed by atoms with van der Waals surface area (Å²) >= 11 is 0. The van der Waals surface area contributed by atoms with Gasteiger partial charge in [0.1, 0.15) is 0 Å². The normalized spacial score (nSPS) is 41.9. The van der Waals surface area contributed by atoms with E-state index in [1.165, 1.54) is 70.6 Å². The zero-order chi connectivity index (χ0) is 13.9. The molecule has 0 radical (unpaired) electrons. The lowest BCUT2D eigenvalue weighted by Gasteiger charge is -2.40. The Hall–Kier alpha value is -0.0800. The van der Waals surface area contributed by atoms with Crippen molar-refractivity contribution in [1.29, 1.82) is 0 Å². The fraction of sp³-hybridized carbons (Fsp3) is 1.00. The Balaban J connectivity index is 1.53. The number of nitrogens with one attached hydrogen (secondary N) is 1. The highest BCUT2D eigenvalue weighted by Crippen LogP contribution is 2.34. The van der Waals surface area contributed by atoms with Gasteiger partial charge < -0.3 is 10.2 Å². The second-order valence-corrected chi connectivity index (χ2v) is 7.75.